The number of nitrogens with one attached hydrogen (secondary N) is 1. The fraction of sp³-hybridized carbons (Fsp3) is 0.333. The minimum absolute atomic E-state index is 0.120. The summed E-state index contributed by atoms with van der Waals surface area (Å²) in [5.41, 5.74) is 4.04. The monoisotopic (exact) mass is 485 g/mol. The first-order valence-corrected chi connectivity index (χ1v) is 12.8. The molecule has 0 saturated heterocycles. The quantitative estimate of drug-likeness (QED) is 0.242. The van der Waals surface area contributed by atoms with E-state index in [4.69, 9.17) is 14.5 Å². The predicted octanol–water partition coefficient (Wildman–Crippen LogP) is 5.83. The summed E-state index contributed by atoms with van der Waals surface area (Å²) >= 11 is 0. The van der Waals surface area contributed by atoms with Gasteiger partial charge in [-0.2, -0.15) is 0 Å². The second kappa shape index (κ2) is 12.8. The molecule has 0 unspecified atom stereocenters. The zero-order valence-corrected chi connectivity index (χ0v) is 21.2. The first-order valence-electron chi connectivity index (χ1n) is 12.8. The summed E-state index contributed by atoms with van der Waals surface area (Å²) in [6.45, 7) is 4.32. The molecule has 0 aliphatic carbocycles. The van der Waals surface area contributed by atoms with E-state index in [0.29, 0.717) is 24.5 Å². The molecule has 3 aromatic carbocycles. The molecule has 0 aliphatic rings. The number of ether oxygens (including phenoxy) is 2. The average Bonchev–Trinajstić information content (AvgIpc) is 3.28. The number of benzene rings is 3. The fourth-order valence-corrected chi connectivity index (χ4v) is 4.33. The van der Waals surface area contributed by atoms with Crippen molar-refractivity contribution in [3.05, 3.63) is 89.7 Å². The molecular weight excluding hydrogens is 450 g/mol. The zero-order chi connectivity index (χ0) is 25.2. The number of carbonyl (C=O) groups is 1. The van der Waals surface area contributed by atoms with Gasteiger partial charge in [-0.15, -0.1) is 0 Å². The van der Waals surface area contributed by atoms with Gasteiger partial charge in [-0.25, -0.2) is 4.98 Å². The minimum Gasteiger partial charge on any atom is -0.496 e. The highest BCUT2D eigenvalue weighted by Gasteiger charge is 2.13. The Hall–Kier alpha value is -3.80. The van der Waals surface area contributed by atoms with Crippen molar-refractivity contribution in [2.75, 3.05) is 20.3 Å². The van der Waals surface area contributed by atoms with E-state index in [0.717, 1.165) is 61.3 Å². The number of methoxy groups -OCH3 is 1. The Bertz CT molecular complexity index is 1260. The lowest BCUT2D eigenvalue weighted by atomic mass is 10.2. The molecule has 36 heavy (non-hydrogen) atoms. The van der Waals surface area contributed by atoms with Crippen LogP contribution in [0.15, 0.2) is 72.8 Å². The van der Waals surface area contributed by atoms with Gasteiger partial charge in [0.1, 0.15) is 17.3 Å². The standard InChI is InChI=1S/C30H35N3O3/c1-3-23-16-18-24(19-17-23)36-22-9-8-21-33-27-13-6-5-12-26(27)32-29(33)15-10-20-31-30(34)25-11-4-7-14-28(25)35-2/h4-7,11-14,16-19H,3,8-10,15,20-22H2,1-2H3,(H,31,34). The Kier molecular flexibility index (Phi) is 8.98. The van der Waals surface area contributed by atoms with Crippen molar-refractivity contribution in [2.45, 2.75) is 45.6 Å². The van der Waals surface area contributed by atoms with Crippen LogP contribution in [-0.2, 0) is 19.4 Å². The van der Waals surface area contributed by atoms with Crippen LogP contribution in [0.5, 0.6) is 11.5 Å². The molecule has 0 aliphatic heterocycles. The first-order chi connectivity index (χ1) is 17.7. The molecule has 4 aromatic rings. The third kappa shape index (κ3) is 6.45. The predicted molar refractivity (Wildman–Crippen MR) is 144 cm³/mol. The molecular formula is C30H35N3O3. The highest BCUT2D eigenvalue weighted by atomic mass is 16.5. The summed E-state index contributed by atoms with van der Waals surface area (Å²) in [6, 6.07) is 23.9. The van der Waals surface area contributed by atoms with Crippen LogP contribution in [0, 0.1) is 0 Å². The van der Waals surface area contributed by atoms with E-state index in [9.17, 15) is 4.79 Å². The number of para-hydroxylation sites is 3. The smallest absolute Gasteiger partial charge is 0.255 e. The number of fused-ring (bicyclic) bond motifs is 1. The molecule has 1 N–H and O–H groups in total. The first kappa shape index (κ1) is 25.3. The van der Waals surface area contributed by atoms with E-state index in [2.05, 4.69) is 47.1 Å². The summed E-state index contributed by atoms with van der Waals surface area (Å²) in [4.78, 5) is 17.4. The van der Waals surface area contributed by atoms with Gasteiger partial charge in [0.15, 0.2) is 0 Å². The zero-order valence-electron chi connectivity index (χ0n) is 21.2. The van der Waals surface area contributed by atoms with E-state index in [-0.39, 0.29) is 5.91 Å². The van der Waals surface area contributed by atoms with Crippen LogP contribution >= 0.6 is 0 Å². The number of hydrogen-bond donors (Lipinski definition) is 1. The highest BCUT2D eigenvalue weighted by Crippen LogP contribution is 2.19. The molecule has 188 valence electrons. The van der Waals surface area contributed by atoms with Gasteiger partial charge in [-0.05, 0) is 67.6 Å². The van der Waals surface area contributed by atoms with E-state index in [1.807, 2.05) is 30.3 Å². The van der Waals surface area contributed by atoms with Crippen molar-refractivity contribution in [3.63, 3.8) is 0 Å². The van der Waals surface area contributed by atoms with Gasteiger partial charge in [0.2, 0.25) is 0 Å². The second-order valence-electron chi connectivity index (χ2n) is 8.78. The lowest BCUT2D eigenvalue weighted by Gasteiger charge is -2.11. The number of aryl methyl sites for hydroxylation is 3. The normalized spacial score (nSPS) is 10.9. The molecule has 0 atom stereocenters. The van der Waals surface area contributed by atoms with Gasteiger partial charge in [-0.3, -0.25) is 4.79 Å². The molecule has 1 heterocycles. The van der Waals surface area contributed by atoms with Crippen LogP contribution in [0.3, 0.4) is 0 Å². The number of carbonyl (C=O) groups excluding carboxylic acids is 1. The number of imidazole rings is 1. The SMILES string of the molecule is CCc1ccc(OCCCCn2c(CCCNC(=O)c3ccccc3OC)nc3ccccc32)cc1. The van der Waals surface area contributed by atoms with Crippen LogP contribution in [0.1, 0.15) is 47.9 Å². The number of amides is 1. The Morgan fingerprint density at radius 3 is 2.53 bits per heavy atom. The maximum absolute atomic E-state index is 12.6. The lowest BCUT2D eigenvalue weighted by Crippen LogP contribution is -2.25. The van der Waals surface area contributed by atoms with Crippen molar-refractivity contribution in [3.8, 4) is 11.5 Å². The summed E-state index contributed by atoms with van der Waals surface area (Å²) in [6.07, 6.45) is 4.61. The van der Waals surface area contributed by atoms with Crippen LogP contribution in [0.2, 0.25) is 0 Å². The molecule has 0 bridgehead atoms. The Morgan fingerprint density at radius 2 is 1.72 bits per heavy atom. The maximum atomic E-state index is 12.6. The maximum Gasteiger partial charge on any atom is 0.255 e. The summed E-state index contributed by atoms with van der Waals surface area (Å²) in [5.74, 6) is 2.44. The molecule has 0 spiro atoms. The molecule has 4 rings (SSSR count). The van der Waals surface area contributed by atoms with E-state index >= 15 is 0 Å². The average molecular weight is 486 g/mol. The van der Waals surface area contributed by atoms with Gasteiger partial charge in [0, 0.05) is 19.5 Å². The second-order valence-corrected chi connectivity index (χ2v) is 8.78. The van der Waals surface area contributed by atoms with Crippen molar-refractivity contribution < 1.29 is 14.3 Å². The molecule has 6 heteroatoms. The topological polar surface area (TPSA) is 65.4 Å². The van der Waals surface area contributed by atoms with Crippen molar-refractivity contribution in [1.82, 2.24) is 14.9 Å². The fourth-order valence-electron chi connectivity index (χ4n) is 4.33. The van der Waals surface area contributed by atoms with Crippen molar-refractivity contribution in [2.24, 2.45) is 0 Å². The molecule has 1 aromatic heterocycles. The number of aromatic nitrogens is 2. The number of rotatable bonds is 13. The Morgan fingerprint density at radius 1 is 0.944 bits per heavy atom. The third-order valence-electron chi connectivity index (χ3n) is 6.32. The summed E-state index contributed by atoms with van der Waals surface area (Å²) < 4.78 is 13.5. The number of hydrogen-bond acceptors (Lipinski definition) is 4. The molecule has 1 amide bonds. The van der Waals surface area contributed by atoms with E-state index in [1.165, 1.54) is 5.56 Å². The largest absolute Gasteiger partial charge is 0.496 e. The van der Waals surface area contributed by atoms with Gasteiger partial charge in [-0.1, -0.05) is 43.3 Å². The molecule has 0 saturated carbocycles. The van der Waals surface area contributed by atoms with E-state index in [1.54, 1.807) is 19.2 Å². The van der Waals surface area contributed by atoms with Gasteiger partial charge in [0.25, 0.3) is 5.91 Å². The van der Waals surface area contributed by atoms with Crippen molar-refractivity contribution in [1.29, 1.82) is 0 Å². The third-order valence-corrected chi connectivity index (χ3v) is 6.32. The Balaban J connectivity index is 1.29. The van der Waals surface area contributed by atoms with Gasteiger partial charge >= 0.3 is 0 Å². The van der Waals surface area contributed by atoms with Gasteiger partial charge < -0.3 is 19.4 Å². The minimum atomic E-state index is -0.120. The highest BCUT2D eigenvalue weighted by molar-refractivity contribution is 5.96. The lowest BCUT2D eigenvalue weighted by molar-refractivity contribution is 0.0950. The van der Waals surface area contributed by atoms with Gasteiger partial charge in [0.05, 0.1) is 30.3 Å². The van der Waals surface area contributed by atoms with Crippen LogP contribution in [0.25, 0.3) is 11.0 Å². The number of unbranched alkanes of at least 4 members (excludes halogenated alkanes) is 1. The van der Waals surface area contributed by atoms with Crippen LogP contribution in [-0.4, -0.2) is 35.7 Å². The molecule has 6 nitrogen and oxygen atoms in total. The van der Waals surface area contributed by atoms with Crippen LogP contribution in [0.4, 0.5) is 0 Å². The Labute approximate surface area is 213 Å². The number of nitrogens with zero attached hydrogens (tertiary/aromatic N) is 2. The van der Waals surface area contributed by atoms with Crippen LogP contribution < -0.4 is 14.8 Å². The molecule has 0 fully saturated rings. The molecule has 0 radical (unpaired) electrons. The van der Waals surface area contributed by atoms with Crippen molar-refractivity contribution >= 4 is 16.9 Å². The summed E-state index contributed by atoms with van der Waals surface area (Å²) in [5, 5.41) is 3.01. The van der Waals surface area contributed by atoms with E-state index < -0.39 is 0 Å². The summed E-state index contributed by atoms with van der Waals surface area (Å²) in [7, 11) is 1.58.